The van der Waals surface area contributed by atoms with Gasteiger partial charge in [-0.1, -0.05) is 0 Å². The summed E-state index contributed by atoms with van der Waals surface area (Å²) in [5, 5.41) is 12.8. The third-order valence-corrected chi connectivity index (χ3v) is 7.14. The lowest BCUT2D eigenvalue weighted by Crippen LogP contribution is -2.60. The van der Waals surface area contributed by atoms with Crippen molar-refractivity contribution in [3.8, 4) is 17.0 Å². The summed E-state index contributed by atoms with van der Waals surface area (Å²) in [6.45, 7) is 4.86. The van der Waals surface area contributed by atoms with E-state index in [1.165, 1.54) is 60.0 Å². The minimum absolute atomic E-state index is 0.000707. The summed E-state index contributed by atoms with van der Waals surface area (Å²) in [4.78, 5) is 4.44. The number of alkyl halides is 1. The number of halogens is 3. The summed E-state index contributed by atoms with van der Waals surface area (Å²) in [6, 6.07) is 12.2. The molecule has 4 aromatic rings. The predicted octanol–water partition coefficient (Wildman–Crippen LogP) is 4.71. The normalized spacial score (nSPS) is 17.0. The number of aryl methyl sites for hydroxylation is 1. The molecule has 3 heterocycles. The first-order chi connectivity index (χ1) is 18.9. The number of aromatic nitrogens is 2. The summed E-state index contributed by atoms with van der Waals surface area (Å²) in [5.41, 5.74) is 8.16. The van der Waals surface area contributed by atoms with Gasteiger partial charge in [0.25, 0.3) is 5.69 Å². The topological polar surface area (TPSA) is 102 Å². The van der Waals surface area contributed by atoms with Gasteiger partial charge in [-0.3, -0.25) is 4.98 Å². The fourth-order valence-corrected chi connectivity index (χ4v) is 5.11. The van der Waals surface area contributed by atoms with Gasteiger partial charge in [0.1, 0.15) is 17.1 Å². The quantitative estimate of drug-likeness (QED) is 0.175. The Balaban J connectivity index is 1.48. The smallest absolute Gasteiger partial charge is 0.314 e. The van der Waals surface area contributed by atoms with E-state index in [1.54, 1.807) is 19.4 Å². The molecule has 0 saturated carbocycles. The summed E-state index contributed by atoms with van der Waals surface area (Å²) in [7, 11) is 1.55. The van der Waals surface area contributed by atoms with Gasteiger partial charge in [-0.25, -0.2) is 10.2 Å². The van der Waals surface area contributed by atoms with Crippen LogP contribution in [0.1, 0.15) is 48.4 Å². The van der Waals surface area contributed by atoms with Gasteiger partial charge in [-0.2, -0.15) is 13.3 Å². The van der Waals surface area contributed by atoms with Crippen LogP contribution in [0.2, 0.25) is 0 Å². The molecule has 7 nitrogen and oxygen atoms in total. The molecule has 0 fully saturated rings. The lowest BCUT2D eigenvalue weighted by molar-refractivity contribution is -0.791. The number of ether oxygens (including phenoxy) is 1. The molecule has 2 aromatic heterocycles. The predicted molar refractivity (Wildman–Crippen MR) is 146 cm³/mol. The molecule has 40 heavy (non-hydrogen) atoms. The molecule has 5 N–H and O–H groups in total. The molecule has 208 valence electrons. The second-order valence-corrected chi connectivity index (χ2v) is 10.6. The number of pyridine rings is 2. The average Bonchev–Trinajstić information content (AvgIpc) is 2.90. The Morgan fingerprint density at radius 3 is 2.52 bits per heavy atom. The number of rotatable bonds is 7. The number of nitrogens with zero attached hydrogens (tertiary/aromatic N) is 3. The molecule has 2 aromatic carbocycles. The Morgan fingerprint density at radius 2 is 1.88 bits per heavy atom. The number of aliphatic hydroxyl groups is 1. The Kier molecular flexibility index (Phi) is 6.93. The lowest BCUT2D eigenvalue weighted by Gasteiger charge is -2.33. The SMILES string of the molecule is COc1cc(/C(N)=C/N(N)CC2c3cc(C(C)(C)O)c(F)c(-c4ccc(F)cc4)[n+]3C2F)cc2cc(C)cnc12. The van der Waals surface area contributed by atoms with Crippen LogP contribution >= 0.6 is 0 Å². The molecule has 0 saturated heterocycles. The molecular formula is C30H31F3N5O2+. The molecule has 5 rings (SSSR count). The molecule has 1 aliphatic rings. The molecule has 2 atom stereocenters. The Morgan fingerprint density at radius 1 is 1.18 bits per heavy atom. The molecule has 1 aliphatic heterocycles. The number of hydrazine groups is 1. The van der Waals surface area contributed by atoms with Gasteiger partial charge in [0.15, 0.2) is 11.6 Å². The molecule has 0 bridgehead atoms. The van der Waals surface area contributed by atoms with E-state index in [1.807, 2.05) is 19.1 Å². The maximum Gasteiger partial charge on any atom is 0.314 e. The minimum Gasteiger partial charge on any atom is -0.494 e. The van der Waals surface area contributed by atoms with E-state index >= 15 is 8.78 Å². The van der Waals surface area contributed by atoms with Gasteiger partial charge >= 0.3 is 6.30 Å². The van der Waals surface area contributed by atoms with Crippen molar-refractivity contribution in [2.45, 2.75) is 38.6 Å². The van der Waals surface area contributed by atoms with Gasteiger partial charge in [-0.15, -0.1) is 0 Å². The van der Waals surface area contributed by atoms with Crippen molar-refractivity contribution in [2.75, 3.05) is 13.7 Å². The largest absolute Gasteiger partial charge is 0.494 e. The van der Waals surface area contributed by atoms with Gasteiger partial charge in [0.05, 0.1) is 25.0 Å². The molecule has 0 radical (unpaired) electrons. The van der Waals surface area contributed by atoms with Crippen LogP contribution in [0, 0.1) is 18.6 Å². The molecular weight excluding hydrogens is 519 g/mol. The Hall–Kier alpha value is -4.15. The van der Waals surface area contributed by atoms with Gasteiger partial charge in [-0.05, 0) is 68.8 Å². The molecule has 0 spiro atoms. The molecule has 2 unspecified atom stereocenters. The Labute approximate surface area is 230 Å². The minimum atomic E-state index is -1.61. The fourth-order valence-electron chi connectivity index (χ4n) is 5.11. The summed E-state index contributed by atoms with van der Waals surface area (Å²) in [5.74, 6) is 4.80. The number of nitrogens with two attached hydrogens (primary N) is 2. The third kappa shape index (κ3) is 4.84. The van der Waals surface area contributed by atoms with Crippen molar-refractivity contribution in [3.05, 3.63) is 94.9 Å². The zero-order chi connectivity index (χ0) is 28.9. The summed E-state index contributed by atoms with van der Waals surface area (Å²) in [6.07, 6.45) is 1.64. The number of hydrogen-bond acceptors (Lipinski definition) is 6. The van der Waals surface area contributed by atoms with E-state index in [0.717, 1.165) is 10.9 Å². The zero-order valence-electron chi connectivity index (χ0n) is 22.6. The van der Waals surface area contributed by atoms with Crippen LogP contribution in [0.4, 0.5) is 13.2 Å². The van der Waals surface area contributed by atoms with Gasteiger partial charge in [0.2, 0.25) is 5.82 Å². The highest BCUT2D eigenvalue weighted by Gasteiger charge is 2.53. The van der Waals surface area contributed by atoms with Crippen LogP contribution in [-0.2, 0) is 5.60 Å². The summed E-state index contributed by atoms with van der Waals surface area (Å²) >= 11 is 0. The van der Waals surface area contributed by atoms with Crippen molar-refractivity contribution >= 4 is 16.6 Å². The maximum atomic E-state index is 15.6. The van der Waals surface area contributed by atoms with Crippen molar-refractivity contribution in [1.29, 1.82) is 0 Å². The van der Waals surface area contributed by atoms with E-state index in [-0.39, 0.29) is 23.4 Å². The van der Waals surface area contributed by atoms with Crippen LogP contribution in [0.15, 0.2) is 60.9 Å². The van der Waals surface area contributed by atoms with Crippen molar-refractivity contribution in [3.63, 3.8) is 0 Å². The molecule has 10 heteroatoms. The second-order valence-electron chi connectivity index (χ2n) is 10.6. The van der Waals surface area contributed by atoms with Crippen molar-refractivity contribution in [2.24, 2.45) is 11.6 Å². The van der Waals surface area contributed by atoms with Crippen molar-refractivity contribution in [1.82, 2.24) is 9.99 Å². The molecule has 0 aliphatic carbocycles. The third-order valence-electron chi connectivity index (χ3n) is 7.14. The van der Waals surface area contributed by atoms with Crippen LogP contribution in [-0.4, -0.2) is 28.8 Å². The first-order valence-electron chi connectivity index (χ1n) is 12.7. The van der Waals surface area contributed by atoms with Gasteiger partial charge < -0.3 is 20.6 Å². The standard InChI is InChI=1S/C30H31F3N5O2/c1-16-9-19-10-18(11-25(40-4)27(19)36-13-16)23(34)15-37(35)14-21-24-12-22(30(2,3)39)26(32)28(38(24)29(21)33)17-5-7-20(31)8-6-17/h5-13,15,21,29,39H,14,34-35H2,1-4H3/q+1/b23-15-. The summed E-state index contributed by atoms with van der Waals surface area (Å²) < 4.78 is 51.5. The van der Waals surface area contributed by atoms with Crippen LogP contribution in [0.25, 0.3) is 27.9 Å². The number of fused-ring (bicyclic) bond motifs is 2. The zero-order valence-corrected chi connectivity index (χ0v) is 22.6. The maximum absolute atomic E-state index is 15.6. The second kappa shape index (κ2) is 10.1. The van der Waals surface area contributed by atoms with Crippen molar-refractivity contribution < 1.29 is 27.6 Å². The first-order valence-corrected chi connectivity index (χ1v) is 12.7. The van der Waals surface area contributed by atoms with E-state index in [0.29, 0.717) is 28.2 Å². The number of hydrogen-bond donors (Lipinski definition) is 3. The molecule has 0 amide bonds. The monoisotopic (exact) mass is 550 g/mol. The van der Waals surface area contributed by atoms with E-state index in [2.05, 4.69) is 4.98 Å². The average molecular weight is 551 g/mol. The first kappa shape index (κ1) is 27.4. The van der Waals surface area contributed by atoms with E-state index in [4.69, 9.17) is 16.3 Å². The van der Waals surface area contributed by atoms with E-state index < -0.39 is 29.4 Å². The van der Waals surface area contributed by atoms with E-state index in [9.17, 15) is 9.50 Å². The fraction of sp³-hybridized carbons (Fsp3) is 0.267. The highest BCUT2D eigenvalue weighted by atomic mass is 19.1. The lowest BCUT2D eigenvalue weighted by atomic mass is 9.86. The van der Waals surface area contributed by atoms with Crippen LogP contribution in [0.5, 0.6) is 5.75 Å². The number of benzene rings is 2. The Bertz CT molecular complexity index is 1630. The van der Waals surface area contributed by atoms with Crippen LogP contribution < -0.4 is 20.9 Å². The number of methoxy groups -OCH3 is 1. The van der Waals surface area contributed by atoms with Gasteiger partial charge in [0, 0.05) is 40.5 Å². The highest BCUT2D eigenvalue weighted by molar-refractivity contribution is 5.88. The van der Waals surface area contributed by atoms with Crippen LogP contribution in [0.3, 0.4) is 0 Å². The highest BCUT2D eigenvalue weighted by Crippen LogP contribution is 2.41.